The van der Waals surface area contributed by atoms with Gasteiger partial charge in [-0.3, -0.25) is 4.79 Å². The molecule has 1 aromatic rings. The Morgan fingerprint density at radius 1 is 1.25 bits per heavy atom. The van der Waals surface area contributed by atoms with E-state index in [2.05, 4.69) is 10.6 Å². The van der Waals surface area contributed by atoms with E-state index >= 15 is 0 Å². The third-order valence-corrected chi connectivity index (χ3v) is 3.49. The lowest BCUT2D eigenvalue weighted by atomic mass is 9.93. The number of hydrogen-bond acceptors (Lipinski definition) is 2. The minimum Gasteiger partial charge on any atom is -0.352 e. The molecule has 20 heavy (non-hydrogen) atoms. The molecular formula is C14H17F3N2O. The summed E-state index contributed by atoms with van der Waals surface area (Å²) in [5, 5.41) is 5.16. The van der Waals surface area contributed by atoms with Gasteiger partial charge in [-0.15, -0.1) is 0 Å². The summed E-state index contributed by atoms with van der Waals surface area (Å²) >= 11 is 0. The van der Waals surface area contributed by atoms with Crippen LogP contribution in [0.3, 0.4) is 0 Å². The van der Waals surface area contributed by atoms with Crippen LogP contribution in [0.2, 0.25) is 0 Å². The number of alkyl halides is 3. The van der Waals surface area contributed by atoms with Crippen LogP contribution in [0, 0.1) is 5.92 Å². The molecule has 2 unspecified atom stereocenters. The van der Waals surface area contributed by atoms with Gasteiger partial charge in [0.2, 0.25) is 5.91 Å². The Labute approximate surface area is 115 Å². The highest BCUT2D eigenvalue weighted by Crippen LogP contribution is 2.27. The van der Waals surface area contributed by atoms with Crippen molar-refractivity contribution in [2.75, 3.05) is 6.54 Å². The predicted molar refractivity (Wildman–Crippen MR) is 68.9 cm³/mol. The second kappa shape index (κ2) is 6.26. The van der Waals surface area contributed by atoms with E-state index in [-0.39, 0.29) is 25.3 Å². The van der Waals surface area contributed by atoms with Crippen LogP contribution in [-0.4, -0.2) is 24.7 Å². The molecule has 1 heterocycles. The van der Waals surface area contributed by atoms with Crippen molar-refractivity contribution in [3.05, 3.63) is 35.9 Å². The van der Waals surface area contributed by atoms with Crippen molar-refractivity contribution in [2.45, 2.75) is 31.6 Å². The Morgan fingerprint density at radius 3 is 2.50 bits per heavy atom. The van der Waals surface area contributed by atoms with Crippen molar-refractivity contribution < 1.29 is 18.0 Å². The fourth-order valence-electron chi connectivity index (χ4n) is 2.29. The minimum absolute atomic E-state index is 0.0487. The van der Waals surface area contributed by atoms with Crippen molar-refractivity contribution in [1.29, 1.82) is 0 Å². The third kappa shape index (κ3) is 3.96. The van der Waals surface area contributed by atoms with E-state index in [9.17, 15) is 18.0 Å². The molecule has 2 rings (SSSR count). The topological polar surface area (TPSA) is 41.1 Å². The summed E-state index contributed by atoms with van der Waals surface area (Å²) in [5.41, 5.74) is 0.970. The molecule has 2 N–H and O–H groups in total. The average molecular weight is 286 g/mol. The molecule has 1 saturated heterocycles. The zero-order valence-corrected chi connectivity index (χ0v) is 10.9. The molecule has 0 aliphatic carbocycles. The number of halogens is 3. The number of carbonyl (C=O) groups excluding carboxylic acids is 1. The molecule has 110 valence electrons. The third-order valence-electron chi connectivity index (χ3n) is 3.49. The largest absolute Gasteiger partial charge is 0.403 e. The first-order valence-electron chi connectivity index (χ1n) is 6.58. The summed E-state index contributed by atoms with van der Waals surface area (Å²) < 4.78 is 37.4. The average Bonchev–Trinajstić information content (AvgIpc) is 2.45. The van der Waals surface area contributed by atoms with E-state index in [0.29, 0.717) is 6.54 Å². The molecule has 1 aliphatic heterocycles. The van der Waals surface area contributed by atoms with Gasteiger partial charge in [-0.25, -0.2) is 0 Å². The lowest BCUT2D eigenvalue weighted by Gasteiger charge is -2.30. The first kappa shape index (κ1) is 14.8. The highest BCUT2D eigenvalue weighted by Gasteiger charge is 2.42. The first-order chi connectivity index (χ1) is 9.47. The van der Waals surface area contributed by atoms with E-state index < -0.39 is 18.1 Å². The van der Waals surface area contributed by atoms with E-state index in [1.807, 2.05) is 30.3 Å². The van der Waals surface area contributed by atoms with Crippen molar-refractivity contribution in [2.24, 2.45) is 5.92 Å². The maximum atomic E-state index is 12.5. The van der Waals surface area contributed by atoms with Crippen LogP contribution in [0.25, 0.3) is 0 Å². The highest BCUT2D eigenvalue weighted by atomic mass is 19.4. The number of carbonyl (C=O) groups is 1. The molecule has 3 nitrogen and oxygen atoms in total. The number of hydrogen-bond donors (Lipinski definition) is 2. The zero-order chi connectivity index (χ0) is 14.6. The molecule has 0 spiro atoms. The summed E-state index contributed by atoms with van der Waals surface area (Å²) in [7, 11) is 0. The van der Waals surface area contributed by atoms with Gasteiger partial charge in [0.15, 0.2) is 0 Å². The highest BCUT2D eigenvalue weighted by molar-refractivity contribution is 5.79. The van der Waals surface area contributed by atoms with Gasteiger partial charge in [0.05, 0.1) is 5.92 Å². The minimum atomic E-state index is -4.23. The molecule has 0 aromatic heterocycles. The molecule has 1 fully saturated rings. The monoisotopic (exact) mass is 286 g/mol. The molecule has 1 amide bonds. The molecule has 1 aromatic carbocycles. The number of rotatable bonds is 3. The predicted octanol–water partition coefficient (Wildman–Crippen LogP) is 2.23. The molecule has 0 saturated carbocycles. The number of amides is 1. The van der Waals surface area contributed by atoms with E-state index in [0.717, 1.165) is 5.56 Å². The van der Waals surface area contributed by atoms with E-state index in [4.69, 9.17) is 0 Å². The van der Waals surface area contributed by atoms with E-state index in [1.165, 1.54) is 0 Å². The lowest BCUT2D eigenvalue weighted by molar-refractivity contribution is -0.163. The van der Waals surface area contributed by atoms with Gasteiger partial charge in [0, 0.05) is 13.1 Å². The first-order valence-corrected chi connectivity index (χ1v) is 6.58. The van der Waals surface area contributed by atoms with Crippen molar-refractivity contribution in [3.8, 4) is 0 Å². The van der Waals surface area contributed by atoms with Crippen LogP contribution < -0.4 is 10.6 Å². The summed E-state index contributed by atoms with van der Waals surface area (Å²) in [6.45, 7) is 0.476. The molecule has 1 aliphatic rings. The zero-order valence-electron chi connectivity index (χ0n) is 10.9. The van der Waals surface area contributed by atoms with Crippen LogP contribution in [0.15, 0.2) is 30.3 Å². The Morgan fingerprint density at radius 2 is 1.95 bits per heavy atom. The quantitative estimate of drug-likeness (QED) is 0.894. The van der Waals surface area contributed by atoms with Gasteiger partial charge in [-0.1, -0.05) is 30.3 Å². The normalized spacial score (nSPS) is 23.4. The SMILES string of the molecule is O=C(NCc1ccccc1)C1CCC(C(F)(F)F)NC1. The Kier molecular flexibility index (Phi) is 4.65. The van der Waals surface area contributed by atoms with Crippen LogP contribution in [0.5, 0.6) is 0 Å². The van der Waals surface area contributed by atoms with Gasteiger partial charge < -0.3 is 10.6 Å². The molecule has 6 heteroatoms. The van der Waals surface area contributed by atoms with Crippen LogP contribution in [-0.2, 0) is 11.3 Å². The second-order valence-corrected chi connectivity index (χ2v) is 4.98. The van der Waals surface area contributed by atoms with Gasteiger partial charge >= 0.3 is 6.18 Å². The Bertz CT molecular complexity index is 439. The maximum absolute atomic E-state index is 12.5. The molecule has 0 radical (unpaired) electrons. The van der Waals surface area contributed by atoms with Crippen LogP contribution in [0.4, 0.5) is 13.2 Å². The van der Waals surface area contributed by atoms with E-state index in [1.54, 1.807) is 0 Å². The van der Waals surface area contributed by atoms with Gasteiger partial charge in [0.1, 0.15) is 6.04 Å². The summed E-state index contributed by atoms with van der Waals surface area (Å²) in [5.74, 6) is -0.584. The second-order valence-electron chi connectivity index (χ2n) is 4.98. The number of piperidine rings is 1. The van der Waals surface area contributed by atoms with Crippen LogP contribution >= 0.6 is 0 Å². The molecular weight excluding hydrogens is 269 g/mol. The van der Waals surface area contributed by atoms with Gasteiger partial charge in [0.25, 0.3) is 0 Å². The van der Waals surface area contributed by atoms with Gasteiger partial charge in [-0.2, -0.15) is 13.2 Å². The summed E-state index contributed by atoms with van der Waals surface area (Å²) in [6.07, 6.45) is -4.02. The molecule has 0 bridgehead atoms. The van der Waals surface area contributed by atoms with Gasteiger partial charge in [-0.05, 0) is 18.4 Å². The van der Waals surface area contributed by atoms with Crippen molar-refractivity contribution in [3.63, 3.8) is 0 Å². The van der Waals surface area contributed by atoms with Crippen LogP contribution in [0.1, 0.15) is 18.4 Å². The van der Waals surface area contributed by atoms with Crippen molar-refractivity contribution in [1.82, 2.24) is 10.6 Å². The summed E-state index contributed by atoms with van der Waals surface area (Å²) in [6, 6.07) is 7.92. The smallest absolute Gasteiger partial charge is 0.352 e. The van der Waals surface area contributed by atoms with Crippen molar-refractivity contribution >= 4 is 5.91 Å². The summed E-state index contributed by atoms with van der Waals surface area (Å²) in [4.78, 5) is 11.9. The molecule has 2 atom stereocenters. The lowest BCUT2D eigenvalue weighted by Crippen LogP contribution is -2.50. The number of benzene rings is 1. The Balaban J connectivity index is 1.78. The standard InChI is InChI=1S/C14H17F3N2O/c15-14(16,17)12-7-6-11(9-18-12)13(20)19-8-10-4-2-1-3-5-10/h1-5,11-12,18H,6-9H2,(H,19,20). The number of nitrogens with one attached hydrogen (secondary N) is 2. The fourth-order valence-corrected chi connectivity index (χ4v) is 2.29. The maximum Gasteiger partial charge on any atom is 0.403 e. The fraction of sp³-hybridized carbons (Fsp3) is 0.500. The Hall–Kier alpha value is -1.56.